The molecule has 2 aromatic heterocycles. The summed E-state index contributed by atoms with van der Waals surface area (Å²) in [6.45, 7) is 17.8. The first-order chi connectivity index (χ1) is 33.9. The minimum Gasteiger partial charge on any atom is -0.542 e. The highest BCUT2D eigenvalue weighted by molar-refractivity contribution is 6.78. The maximum Gasteiger partial charge on any atom is 0.413 e. The van der Waals surface area contributed by atoms with E-state index in [9.17, 15) is 14.7 Å². The Hall–Kier alpha value is -6.37. The Morgan fingerprint density at radius 2 is 1.34 bits per heavy atom. The van der Waals surface area contributed by atoms with E-state index in [1.54, 1.807) is 39.6 Å². The van der Waals surface area contributed by atoms with E-state index >= 15 is 0 Å². The number of amides is 1. The molecule has 1 fully saturated rings. The van der Waals surface area contributed by atoms with Crippen LogP contribution in [0.3, 0.4) is 0 Å². The van der Waals surface area contributed by atoms with Crippen molar-refractivity contribution < 1.29 is 52.3 Å². The Kier molecular flexibility index (Phi) is 16.5. The van der Waals surface area contributed by atoms with Crippen LogP contribution in [0.25, 0.3) is 11.2 Å². The summed E-state index contributed by atoms with van der Waals surface area (Å²) < 4.78 is 50.9. The summed E-state index contributed by atoms with van der Waals surface area (Å²) in [5.41, 5.74) is 2.56. The van der Waals surface area contributed by atoms with Crippen LogP contribution in [0.4, 0.5) is 10.6 Å². The molecule has 4 aromatic carbocycles. The van der Waals surface area contributed by atoms with Crippen LogP contribution >= 0.6 is 0 Å². The number of fused-ring (bicyclic) bond motifs is 1. The number of esters is 1. The molecule has 1 amide bonds. The zero-order valence-corrected chi connectivity index (χ0v) is 43.5. The first-order valence-electron chi connectivity index (χ1n) is 23.9. The van der Waals surface area contributed by atoms with E-state index in [4.69, 9.17) is 37.6 Å². The van der Waals surface area contributed by atoms with Crippen molar-refractivity contribution in [2.45, 2.75) is 116 Å². The summed E-state index contributed by atoms with van der Waals surface area (Å²) in [6.07, 6.45) is -2.61. The number of rotatable bonds is 20. The Balaban J connectivity index is 1.17. The van der Waals surface area contributed by atoms with Crippen molar-refractivity contribution in [3.05, 3.63) is 138 Å². The molecule has 0 saturated carbocycles. The standard InChI is InChI=1S/C54H67N5O11Si/c1-34(2)71(35(3)4,36(5)6)70-43-20-16-15-17-37(43)29-65-52(62)58-48-45-49(56-31-55-48)59(32-57-45)50-47(66-33-67-51(61)53(7,8)9)46(60)44(69-50)30-68-54(38-18-13-12-14-19-38,39-21-25-41(63-10)26-22-39)40-23-27-42(64-11)28-24-40/h12-28,31-32,34-36,44,46-47,50,60H,29-30,33H2,1-11H3,(H,55,56,58,62)/t44-,46-,47-,50-/m1/s1. The van der Waals surface area contributed by atoms with Gasteiger partial charge in [0.05, 0.1) is 32.6 Å². The van der Waals surface area contributed by atoms with E-state index in [-0.39, 0.29) is 30.2 Å². The molecule has 0 aliphatic carbocycles. The van der Waals surface area contributed by atoms with E-state index in [0.29, 0.717) is 33.9 Å². The van der Waals surface area contributed by atoms with Crippen molar-refractivity contribution in [3.8, 4) is 17.2 Å². The molecule has 71 heavy (non-hydrogen) atoms. The normalized spacial score (nSPS) is 17.5. The van der Waals surface area contributed by atoms with Crippen molar-refractivity contribution in [1.82, 2.24) is 19.5 Å². The van der Waals surface area contributed by atoms with Crippen molar-refractivity contribution in [3.63, 3.8) is 0 Å². The lowest BCUT2D eigenvalue weighted by atomic mass is 9.80. The Morgan fingerprint density at radius 3 is 1.92 bits per heavy atom. The van der Waals surface area contributed by atoms with Gasteiger partial charge in [-0.1, -0.05) is 114 Å². The Labute approximate surface area is 417 Å². The summed E-state index contributed by atoms with van der Waals surface area (Å²) in [5.74, 6) is 1.61. The van der Waals surface area contributed by atoms with E-state index in [0.717, 1.165) is 22.3 Å². The molecular formula is C54H67N5O11Si. The smallest absolute Gasteiger partial charge is 0.413 e. The van der Waals surface area contributed by atoms with Gasteiger partial charge in [0, 0.05) is 5.56 Å². The summed E-state index contributed by atoms with van der Waals surface area (Å²) in [7, 11) is 0.904. The fourth-order valence-electron chi connectivity index (χ4n) is 9.60. The van der Waals surface area contributed by atoms with Gasteiger partial charge in [0.15, 0.2) is 30.0 Å². The number of benzene rings is 4. The maximum atomic E-state index is 13.5. The van der Waals surface area contributed by atoms with Crippen LogP contribution in [0, 0.1) is 5.41 Å². The van der Waals surface area contributed by atoms with Gasteiger partial charge in [-0.05, 0) is 84.4 Å². The molecule has 0 unspecified atom stereocenters. The Bertz CT molecular complexity index is 2640. The topological polar surface area (TPSA) is 184 Å². The molecule has 1 aliphatic rings. The minimum absolute atomic E-state index is 0.0536. The molecule has 3 heterocycles. The van der Waals surface area contributed by atoms with Crippen LogP contribution < -0.4 is 19.2 Å². The highest BCUT2D eigenvalue weighted by Crippen LogP contribution is 2.45. The second kappa shape index (κ2) is 22.4. The molecule has 2 N–H and O–H groups in total. The number of imidazole rings is 1. The zero-order chi connectivity index (χ0) is 51.1. The second-order valence-electron chi connectivity index (χ2n) is 19.6. The number of hydrogen-bond donors (Lipinski definition) is 2. The molecule has 0 spiro atoms. The molecule has 16 nitrogen and oxygen atoms in total. The van der Waals surface area contributed by atoms with Gasteiger partial charge in [0.2, 0.25) is 0 Å². The van der Waals surface area contributed by atoms with E-state index < -0.39 is 62.7 Å². The Morgan fingerprint density at radius 1 is 0.761 bits per heavy atom. The van der Waals surface area contributed by atoms with Crippen LogP contribution in [0.1, 0.15) is 90.8 Å². The number of para-hydroxylation sites is 1. The van der Waals surface area contributed by atoms with Gasteiger partial charge in [-0.2, -0.15) is 0 Å². The lowest BCUT2D eigenvalue weighted by Gasteiger charge is -2.42. The fourth-order valence-corrected chi connectivity index (χ4v) is 14.9. The predicted octanol–water partition coefficient (Wildman–Crippen LogP) is 10.3. The zero-order valence-electron chi connectivity index (χ0n) is 42.5. The molecule has 0 radical (unpaired) electrons. The lowest BCUT2D eigenvalue weighted by Crippen LogP contribution is -2.50. The van der Waals surface area contributed by atoms with Gasteiger partial charge in [0.1, 0.15) is 54.1 Å². The summed E-state index contributed by atoms with van der Waals surface area (Å²) in [5, 5.41) is 14.9. The van der Waals surface area contributed by atoms with Crippen molar-refractivity contribution >= 4 is 37.4 Å². The molecule has 378 valence electrons. The minimum atomic E-state index is -2.31. The van der Waals surface area contributed by atoms with Crippen LogP contribution in [0.2, 0.25) is 16.6 Å². The number of aliphatic hydroxyl groups excluding tert-OH is 1. The lowest BCUT2D eigenvalue weighted by molar-refractivity contribution is -0.179. The molecule has 7 rings (SSSR count). The number of nitrogens with zero attached hydrogens (tertiary/aromatic N) is 4. The number of hydrogen-bond acceptors (Lipinski definition) is 14. The third kappa shape index (κ3) is 11.1. The van der Waals surface area contributed by atoms with Gasteiger partial charge in [-0.25, -0.2) is 19.7 Å². The number of aliphatic hydroxyl groups is 1. The molecule has 0 bridgehead atoms. The van der Waals surface area contributed by atoms with Gasteiger partial charge in [-0.3, -0.25) is 14.7 Å². The maximum absolute atomic E-state index is 13.5. The van der Waals surface area contributed by atoms with Crippen LogP contribution in [-0.4, -0.2) is 90.9 Å². The van der Waals surface area contributed by atoms with Gasteiger partial charge < -0.3 is 42.7 Å². The average molecular weight is 990 g/mol. The van der Waals surface area contributed by atoms with Crippen molar-refractivity contribution in [2.24, 2.45) is 5.41 Å². The molecule has 6 aromatic rings. The predicted molar refractivity (Wildman–Crippen MR) is 271 cm³/mol. The number of carbonyl (C=O) groups is 2. The molecule has 1 saturated heterocycles. The SMILES string of the molecule is COc1ccc(C(OC[C@H]2O[C@@H](n3cnc4c(NC(=O)OCc5ccccc5O[Si](C(C)C)(C(C)C)C(C)C)ncnc43)[C@H](OCOC(=O)C(C)(C)C)[C@@H]2O)(c2ccccc2)c2ccc(OC)cc2)cc1. The number of nitrogens with one attached hydrogen (secondary N) is 1. The summed E-state index contributed by atoms with van der Waals surface area (Å²) in [4.78, 5) is 39.8. The largest absolute Gasteiger partial charge is 0.542 e. The number of ether oxygens (including phenoxy) is 7. The second-order valence-corrected chi connectivity index (χ2v) is 25.0. The average Bonchev–Trinajstić information content (AvgIpc) is 3.93. The molecule has 1 aliphatic heterocycles. The third-order valence-corrected chi connectivity index (χ3v) is 19.2. The van der Waals surface area contributed by atoms with E-state index in [2.05, 4.69) is 61.8 Å². The van der Waals surface area contributed by atoms with Crippen LogP contribution in [-0.2, 0) is 40.7 Å². The summed E-state index contributed by atoms with van der Waals surface area (Å²) in [6, 6.07) is 32.6. The third-order valence-electron chi connectivity index (χ3n) is 13.2. The number of aromatic nitrogens is 4. The molecule has 4 atom stereocenters. The van der Waals surface area contributed by atoms with Crippen molar-refractivity contribution in [1.29, 1.82) is 0 Å². The van der Waals surface area contributed by atoms with E-state index in [1.165, 1.54) is 12.7 Å². The number of anilines is 1. The quantitative estimate of drug-likeness (QED) is 0.0319. The monoisotopic (exact) mass is 989 g/mol. The van der Waals surface area contributed by atoms with E-state index in [1.807, 2.05) is 103 Å². The van der Waals surface area contributed by atoms with Gasteiger partial charge >= 0.3 is 12.1 Å². The van der Waals surface area contributed by atoms with Crippen molar-refractivity contribution in [2.75, 3.05) is 32.9 Å². The van der Waals surface area contributed by atoms with Gasteiger partial charge in [-0.15, -0.1) is 0 Å². The molecular weight excluding hydrogens is 923 g/mol. The van der Waals surface area contributed by atoms with Crippen LogP contribution in [0.5, 0.6) is 17.2 Å². The number of methoxy groups -OCH3 is 2. The highest BCUT2D eigenvalue weighted by Gasteiger charge is 2.49. The molecule has 17 heteroatoms. The number of carbonyl (C=O) groups excluding carboxylic acids is 2. The first-order valence-corrected chi connectivity index (χ1v) is 26.1. The fraction of sp³-hybridized carbons (Fsp3) is 0.426. The van der Waals surface area contributed by atoms with Crippen LogP contribution in [0.15, 0.2) is 116 Å². The highest BCUT2D eigenvalue weighted by atomic mass is 28.4. The summed E-state index contributed by atoms with van der Waals surface area (Å²) >= 11 is 0. The van der Waals surface area contributed by atoms with Gasteiger partial charge in [0.25, 0.3) is 8.32 Å². The first kappa shape index (κ1) is 52.5.